The summed E-state index contributed by atoms with van der Waals surface area (Å²) in [5, 5.41) is 2.71. The molecule has 2 rings (SSSR count). The Morgan fingerprint density at radius 3 is 2.42 bits per heavy atom. The van der Waals surface area contributed by atoms with Gasteiger partial charge in [0, 0.05) is 18.3 Å². The molecule has 0 heterocycles. The molecule has 0 aliphatic carbocycles. The maximum absolute atomic E-state index is 12.8. The highest BCUT2D eigenvalue weighted by molar-refractivity contribution is 5.99. The molecule has 2 aromatic carbocycles. The van der Waals surface area contributed by atoms with Crippen LogP contribution in [0.25, 0.3) is 0 Å². The van der Waals surface area contributed by atoms with Crippen molar-refractivity contribution in [2.75, 3.05) is 18.9 Å². The van der Waals surface area contributed by atoms with Crippen LogP contribution in [0.3, 0.4) is 0 Å². The molecule has 0 aliphatic rings. The van der Waals surface area contributed by atoms with Crippen molar-refractivity contribution >= 4 is 17.5 Å². The molecule has 0 radical (unpaired) electrons. The van der Waals surface area contributed by atoms with Gasteiger partial charge >= 0.3 is 6.18 Å². The highest BCUT2D eigenvalue weighted by atomic mass is 19.4. The van der Waals surface area contributed by atoms with E-state index in [2.05, 4.69) is 5.32 Å². The third kappa shape index (κ3) is 4.84. The van der Waals surface area contributed by atoms with Crippen LogP contribution in [0.15, 0.2) is 42.5 Å². The van der Waals surface area contributed by atoms with Gasteiger partial charge in [0.05, 0.1) is 12.1 Å². The standard InChI is InChI=1S/C19H19F3N2O2/c1-12-7-8-13(2)16(9-12)23-17(25)11-24(3)18(26)14-5-4-6-15(10-14)19(20,21)22/h4-10H,11H2,1-3H3,(H,23,25). The van der Waals surface area contributed by atoms with Crippen molar-refractivity contribution in [3.63, 3.8) is 0 Å². The third-order valence-electron chi connectivity index (χ3n) is 3.83. The first-order chi connectivity index (χ1) is 12.1. The predicted octanol–water partition coefficient (Wildman–Crippen LogP) is 4.03. The van der Waals surface area contributed by atoms with Crippen LogP contribution in [0.2, 0.25) is 0 Å². The van der Waals surface area contributed by atoms with Gasteiger partial charge in [0.2, 0.25) is 5.91 Å². The first-order valence-corrected chi connectivity index (χ1v) is 7.88. The zero-order valence-electron chi connectivity index (χ0n) is 14.6. The average Bonchev–Trinajstić information content (AvgIpc) is 2.56. The van der Waals surface area contributed by atoms with Crippen LogP contribution in [0.1, 0.15) is 27.0 Å². The minimum absolute atomic E-state index is 0.123. The monoisotopic (exact) mass is 364 g/mol. The van der Waals surface area contributed by atoms with Crippen LogP contribution in [0, 0.1) is 13.8 Å². The summed E-state index contributed by atoms with van der Waals surface area (Å²) >= 11 is 0. The summed E-state index contributed by atoms with van der Waals surface area (Å²) in [5.74, 6) is -1.09. The molecule has 2 amide bonds. The number of anilines is 1. The molecule has 0 spiro atoms. The zero-order valence-corrected chi connectivity index (χ0v) is 14.6. The second kappa shape index (κ2) is 7.59. The molecule has 7 heteroatoms. The van der Waals surface area contributed by atoms with E-state index in [0.717, 1.165) is 28.2 Å². The lowest BCUT2D eigenvalue weighted by Gasteiger charge is -2.18. The van der Waals surface area contributed by atoms with E-state index in [1.54, 1.807) is 0 Å². The summed E-state index contributed by atoms with van der Waals surface area (Å²) in [6.07, 6.45) is -4.53. The number of amides is 2. The van der Waals surface area contributed by atoms with Gasteiger partial charge in [-0.05, 0) is 49.2 Å². The van der Waals surface area contributed by atoms with Crippen LogP contribution in [-0.2, 0) is 11.0 Å². The van der Waals surface area contributed by atoms with Crippen molar-refractivity contribution in [2.24, 2.45) is 0 Å². The Morgan fingerprint density at radius 1 is 1.08 bits per heavy atom. The lowest BCUT2D eigenvalue weighted by atomic mass is 10.1. The molecule has 26 heavy (non-hydrogen) atoms. The van der Waals surface area contributed by atoms with Crippen LogP contribution < -0.4 is 5.32 Å². The zero-order chi connectivity index (χ0) is 19.5. The highest BCUT2D eigenvalue weighted by Gasteiger charge is 2.31. The largest absolute Gasteiger partial charge is 0.416 e. The van der Waals surface area contributed by atoms with E-state index in [1.165, 1.54) is 19.2 Å². The smallest absolute Gasteiger partial charge is 0.332 e. The predicted molar refractivity (Wildman–Crippen MR) is 93.0 cm³/mol. The first-order valence-electron chi connectivity index (χ1n) is 7.88. The number of alkyl halides is 3. The number of carbonyl (C=O) groups is 2. The Balaban J connectivity index is 2.07. The van der Waals surface area contributed by atoms with Gasteiger partial charge in [0.25, 0.3) is 5.91 Å². The SMILES string of the molecule is Cc1ccc(C)c(NC(=O)CN(C)C(=O)c2cccc(C(F)(F)F)c2)c1. The maximum Gasteiger partial charge on any atom is 0.416 e. The number of likely N-dealkylation sites (N-methyl/N-ethyl adjacent to an activating group) is 1. The van der Waals surface area contributed by atoms with Crippen LogP contribution in [0.5, 0.6) is 0 Å². The Bertz CT molecular complexity index is 832. The molecule has 0 saturated carbocycles. The summed E-state index contributed by atoms with van der Waals surface area (Å²) in [4.78, 5) is 25.6. The molecule has 0 atom stereocenters. The second-order valence-corrected chi connectivity index (χ2v) is 6.11. The topological polar surface area (TPSA) is 49.4 Å². The normalized spacial score (nSPS) is 11.2. The molecule has 138 valence electrons. The van der Waals surface area contributed by atoms with Crippen molar-refractivity contribution < 1.29 is 22.8 Å². The molecule has 0 unspecified atom stereocenters. The lowest BCUT2D eigenvalue weighted by Crippen LogP contribution is -2.35. The number of nitrogens with one attached hydrogen (secondary N) is 1. The molecule has 0 aromatic heterocycles. The minimum atomic E-state index is -4.53. The third-order valence-corrected chi connectivity index (χ3v) is 3.83. The number of rotatable bonds is 4. The average molecular weight is 364 g/mol. The maximum atomic E-state index is 12.8. The Morgan fingerprint density at radius 2 is 1.77 bits per heavy atom. The van der Waals surface area contributed by atoms with Gasteiger partial charge in [-0.2, -0.15) is 13.2 Å². The second-order valence-electron chi connectivity index (χ2n) is 6.11. The van der Waals surface area contributed by atoms with E-state index >= 15 is 0 Å². The Labute approximate surface area is 149 Å². The number of halogens is 3. The van der Waals surface area contributed by atoms with Crippen LogP contribution in [-0.4, -0.2) is 30.3 Å². The van der Waals surface area contributed by atoms with E-state index in [1.807, 2.05) is 32.0 Å². The lowest BCUT2D eigenvalue weighted by molar-refractivity contribution is -0.137. The molecule has 2 aromatic rings. The first kappa shape index (κ1) is 19.5. The van der Waals surface area contributed by atoms with Crippen molar-refractivity contribution in [1.82, 2.24) is 4.90 Å². The van der Waals surface area contributed by atoms with Crippen molar-refractivity contribution in [3.8, 4) is 0 Å². The Hall–Kier alpha value is -2.83. The van der Waals surface area contributed by atoms with Crippen molar-refractivity contribution in [2.45, 2.75) is 20.0 Å². The number of aryl methyl sites for hydroxylation is 2. The van der Waals surface area contributed by atoms with E-state index in [9.17, 15) is 22.8 Å². The molecule has 1 N–H and O–H groups in total. The van der Waals surface area contributed by atoms with Gasteiger partial charge < -0.3 is 10.2 Å². The number of nitrogens with zero attached hydrogens (tertiary/aromatic N) is 1. The van der Waals surface area contributed by atoms with Gasteiger partial charge in [-0.15, -0.1) is 0 Å². The number of carbonyl (C=O) groups excluding carboxylic acids is 2. The van der Waals surface area contributed by atoms with Crippen molar-refractivity contribution in [1.29, 1.82) is 0 Å². The van der Waals surface area contributed by atoms with Gasteiger partial charge in [-0.25, -0.2) is 0 Å². The summed E-state index contributed by atoms with van der Waals surface area (Å²) < 4.78 is 38.3. The van der Waals surface area contributed by atoms with Crippen molar-refractivity contribution in [3.05, 3.63) is 64.7 Å². The molecule has 0 fully saturated rings. The summed E-state index contributed by atoms with van der Waals surface area (Å²) in [6, 6.07) is 9.71. The van der Waals surface area contributed by atoms with E-state index < -0.39 is 23.6 Å². The van der Waals surface area contributed by atoms with E-state index in [0.29, 0.717) is 5.69 Å². The molecular formula is C19H19F3N2O2. The number of hydrogen-bond donors (Lipinski definition) is 1. The van der Waals surface area contributed by atoms with E-state index in [-0.39, 0.29) is 12.1 Å². The number of hydrogen-bond acceptors (Lipinski definition) is 2. The Kier molecular flexibility index (Phi) is 5.69. The van der Waals surface area contributed by atoms with E-state index in [4.69, 9.17) is 0 Å². The van der Waals surface area contributed by atoms with Crippen LogP contribution >= 0.6 is 0 Å². The summed E-state index contributed by atoms with van der Waals surface area (Å²) in [7, 11) is 1.37. The molecule has 0 bridgehead atoms. The summed E-state index contributed by atoms with van der Waals surface area (Å²) in [6.45, 7) is 3.45. The fraction of sp³-hybridized carbons (Fsp3) is 0.263. The highest BCUT2D eigenvalue weighted by Crippen LogP contribution is 2.29. The fourth-order valence-electron chi connectivity index (χ4n) is 2.40. The van der Waals surface area contributed by atoms with Gasteiger partial charge in [0.15, 0.2) is 0 Å². The summed E-state index contributed by atoms with van der Waals surface area (Å²) in [5.41, 5.74) is 1.45. The van der Waals surface area contributed by atoms with Crippen LogP contribution in [0.4, 0.5) is 18.9 Å². The number of benzene rings is 2. The molecule has 4 nitrogen and oxygen atoms in total. The minimum Gasteiger partial charge on any atom is -0.332 e. The van der Waals surface area contributed by atoms with Gasteiger partial charge in [-0.3, -0.25) is 9.59 Å². The molecule has 0 saturated heterocycles. The molecular weight excluding hydrogens is 345 g/mol. The fourth-order valence-corrected chi connectivity index (χ4v) is 2.40. The van der Waals surface area contributed by atoms with Gasteiger partial charge in [-0.1, -0.05) is 18.2 Å². The quantitative estimate of drug-likeness (QED) is 0.890. The van der Waals surface area contributed by atoms with Gasteiger partial charge in [0.1, 0.15) is 0 Å². The molecule has 0 aliphatic heterocycles.